The molecule has 1 aliphatic heterocycles. The molecule has 2 amide bonds. The molecule has 0 bridgehead atoms. The first-order chi connectivity index (χ1) is 17.4. The number of fused-ring (bicyclic) bond motifs is 1. The smallest absolute Gasteiger partial charge is 0.338 e. The summed E-state index contributed by atoms with van der Waals surface area (Å²) in [4.78, 5) is 53.2. The second kappa shape index (κ2) is 9.90. The maximum atomic E-state index is 13.4. The molecule has 2 aliphatic rings. The zero-order valence-electron chi connectivity index (χ0n) is 20.0. The van der Waals surface area contributed by atoms with E-state index in [1.807, 2.05) is 18.2 Å². The number of benzene rings is 3. The van der Waals surface area contributed by atoms with Gasteiger partial charge in [-0.15, -0.1) is 0 Å². The molecule has 1 heterocycles. The van der Waals surface area contributed by atoms with Crippen LogP contribution in [-0.4, -0.2) is 29.7 Å². The van der Waals surface area contributed by atoms with Crippen molar-refractivity contribution < 1.29 is 23.9 Å². The molecule has 1 saturated heterocycles. The van der Waals surface area contributed by atoms with E-state index in [1.165, 1.54) is 23.5 Å². The zero-order valence-corrected chi connectivity index (χ0v) is 20.0. The van der Waals surface area contributed by atoms with Gasteiger partial charge in [-0.1, -0.05) is 66.7 Å². The van der Waals surface area contributed by atoms with Gasteiger partial charge in [-0.3, -0.25) is 19.3 Å². The number of carbonyl (C=O) groups is 4. The highest BCUT2D eigenvalue weighted by Crippen LogP contribution is 2.45. The number of nitrogens with zero attached hydrogens (tertiary/aromatic N) is 1. The summed E-state index contributed by atoms with van der Waals surface area (Å²) in [5.41, 5.74) is 2.18. The number of anilines is 1. The quantitative estimate of drug-likeness (QED) is 0.275. The number of imide groups is 1. The van der Waals surface area contributed by atoms with Crippen LogP contribution in [0.5, 0.6) is 0 Å². The van der Waals surface area contributed by atoms with Gasteiger partial charge >= 0.3 is 5.97 Å². The van der Waals surface area contributed by atoms with Crippen LogP contribution in [0.25, 0.3) is 0 Å². The lowest BCUT2D eigenvalue weighted by atomic mass is 9.73. The Morgan fingerprint density at radius 2 is 1.44 bits per heavy atom. The molecule has 3 aromatic carbocycles. The lowest BCUT2D eigenvalue weighted by Crippen LogP contribution is -2.31. The van der Waals surface area contributed by atoms with Gasteiger partial charge in [-0.2, -0.15) is 0 Å². The van der Waals surface area contributed by atoms with Gasteiger partial charge < -0.3 is 4.74 Å². The predicted octanol–water partition coefficient (Wildman–Crippen LogP) is 5.19. The fourth-order valence-corrected chi connectivity index (χ4v) is 5.35. The molecule has 3 aromatic rings. The van der Waals surface area contributed by atoms with Gasteiger partial charge in [0.05, 0.1) is 23.1 Å². The predicted molar refractivity (Wildman–Crippen MR) is 135 cm³/mol. The summed E-state index contributed by atoms with van der Waals surface area (Å²) in [5, 5.41) is 0. The van der Waals surface area contributed by atoms with E-state index in [4.69, 9.17) is 4.74 Å². The number of hydrogen-bond donors (Lipinski definition) is 0. The molecule has 36 heavy (non-hydrogen) atoms. The van der Waals surface area contributed by atoms with Crippen molar-refractivity contribution in [2.45, 2.75) is 38.2 Å². The number of hydrogen-bond acceptors (Lipinski definition) is 5. The average molecular weight is 482 g/mol. The summed E-state index contributed by atoms with van der Waals surface area (Å²) in [6.07, 6.45) is 1.18. The molecule has 0 N–H and O–H groups in total. The molecule has 1 aliphatic carbocycles. The molecular weight excluding hydrogens is 454 g/mol. The monoisotopic (exact) mass is 481 g/mol. The Balaban J connectivity index is 1.31. The fraction of sp³-hybridized carbons (Fsp3) is 0.267. The van der Waals surface area contributed by atoms with E-state index < -0.39 is 12.1 Å². The standard InChI is InChI=1S/C30H27NO5/c1-19(27(32)21-11-6-3-7-12-21)36-30(35)23-13-8-14-24(17-23)31-28(33)25-16-15-22(18-26(25)29(31)34)20-9-4-2-5-10-20/h2-14,17,19,22,25-26H,15-16,18H2,1H3. The first-order valence-corrected chi connectivity index (χ1v) is 12.3. The summed E-state index contributed by atoms with van der Waals surface area (Å²) >= 11 is 0. The third-order valence-electron chi connectivity index (χ3n) is 7.25. The van der Waals surface area contributed by atoms with Gasteiger partial charge in [0, 0.05) is 5.56 Å². The van der Waals surface area contributed by atoms with Gasteiger partial charge in [0.2, 0.25) is 17.6 Å². The van der Waals surface area contributed by atoms with Crippen LogP contribution in [0.3, 0.4) is 0 Å². The van der Waals surface area contributed by atoms with Crippen molar-refractivity contribution in [1.82, 2.24) is 0 Å². The minimum Gasteiger partial charge on any atom is -0.451 e. The second-order valence-corrected chi connectivity index (χ2v) is 9.47. The minimum absolute atomic E-state index is 0.179. The largest absolute Gasteiger partial charge is 0.451 e. The highest BCUT2D eigenvalue weighted by molar-refractivity contribution is 6.22. The number of rotatable bonds is 6. The molecule has 182 valence electrons. The zero-order chi connectivity index (χ0) is 25.2. The molecule has 1 saturated carbocycles. The Hall–Kier alpha value is -4.06. The van der Waals surface area contributed by atoms with Gasteiger partial charge in [0.1, 0.15) is 0 Å². The Morgan fingerprint density at radius 3 is 2.17 bits per heavy atom. The van der Waals surface area contributed by atoms with E-state index in [0.29, 0.717) is 24.1 Å². The number of Topliss-reactive ketones (excluding diaryl/α,β-unsaturated/α-hetero) is 1. The molecule has 0 aromatic heterocycles. The molecule has 6 heteroatoms. The highest BCUT2D eigenvalue weighted by atomic mass is 16.5. The van der Waals surface area contributed by atoms with Crippen molar-refractivity contribution in [2.75, 3.05) is 4.90 Å². The maximum absolute atomic E-state index is 13.4. The van der Waals surface area contributed by atoms with Crippen molar-refractivity contribution in [3.63, 3.8) is 0 Å². The molecule has 0 radical (unpaired) electrons. The van der Waals surface area contributed by atoms with E-state index >= 15 is 0 Å². The second-order valence-electron chi connectivity index (χ2n) is 9.47. The van der Waals surface area contributed by atoms with Crippen molar-refractivity contribution in [1.29, 1.82) is 0 Å². The number of amides is 2. The maximum Gasteiger partial charge on any atom is 0.338 e. The normalized spacial score (nSPS) is 22.1. The Bertz CT molecular complexity index is 1300. The summed E-state index contributed by atoms with van der Waals surface area (Å²) in [7, 11) is 0. The lowest BCUT2D eigenvalue weighted by molar-refractivity contribution is -0.122. The highest BCUT2D eigenvalue weighted by Gasteiger charge is 2.50. The van der Waals surface area contributed by atoms with Gasteiger partial charge in [0.15, 0.2) is 6.10 Å². The van der Waals surface area contributed by atoms with Crippen LogP contribution in [0, 0.1) is 11.8 Å². The lowest BCUT2D eigenvalue weighted by Gasteiger charge is -2.28. The van der Waals surface area contributed by atoms with Crippen molar-refractivity contribution >= 4 is 29.3 Å². The summed E-state index contributed by atoms with van der Waals surface area (Å²) < 4.78 is 5.40. The minimum atomic E-state index is -0.976. The van der Waals surface area contributed by atoms with Gasteiger partial charge in [0.25, 0.3) is 0 Å². The molecular formula is C30H27NO5. The Morgan fingerprint density at radius 1 is 0.806 bits per heavy atom. The summed E-state index contributed by atoms with van der Waals surface area (Å²) in [6.45, 7) is 1.53. The number of carbonyl (C=O) groups excluding carboxylic acids is 4. The van der Waals surface area contributed by atoms with E-state index in [0.717, 1.165) is 6.42 Å². The summed E-state index contributed by atoms with van der Waals surface area (Å²) in [5.74, 6) is -1.88. The van der Waals surface area contributed by atoms with E-state index in [1.54, 1.807) is 48.5 Å². The average Bonchev–Trinajstić information content (AvgIpc) is 3.18. The van der Waals surface area contributed by atoms with Crippen LogP contribution in [-0.2, 0) is 14.3 Å². The first-order valence-electron chi connectivity index (χ1n) is 12.3. The van der Waals surface area contributed by atoms with E-state index in [-0.39, 0.29) is 40.9 Å². The third-order valence-corrected chi connectivity index (χ3v) is 7.25. The molecule has 4 unspecified atom stereocenters. The number of ether oxygens (including phenoxy) is 1. The molecule has 2 fully saturated rings. The van der Waals surface area contributed by atoms with Crippen molar-refractivity contribution in [2.24, 2.45) is 11.8 Å². The Kier molecular flexibility index (Phi) is 6.51. The molecule has 6 nitrogen and oxygen atoms in total. The van der Waals surface area contributed by atoms with Crippen LogP contribution < -0.4 is 4.90 Å². The SMILES string of the molecule is CC(OC(=O)c1cccc(N2C(=O)C3CCC(c4ccccc4)CC3C2=O)c1)C(=O)c1ccccc1. The number of ketones is 1. The van der Waals surface area contributed by atoms with Crippen LogP contribution in [0.1, 0.15) is 58.4 Å². The first kappa shape index (κ1) is 23.7. The van der Waals surface area contributed by atoms with E-state index in [9.17, 15) is 19.2 Å². The number of esters is 1. The van der Waals surface area contributed by atoms with Crippen molar-refractivity contribution in [3.8, 4) is 0 Å². The van der Waals surface area contributed by atoms with Crippen LogP contribution >= 0.6 is 0 Å². The van der Waals surface area contributed by atoms with E-state index in [2.05, 4.69) is 12.1 Å². The summed E-state index contributed by atoms with van der Waals surface area (Å²) in [6, 6.07) is 25.0. The third kappa shape index (κ3) is 4.47. The molecule has 4 atom stereocenters. The Labute approximate surface area is 209 Å². The molecule has 5 rings (SSSR count). The van der Waals surface area contributed by atoms with Crippen LogP contribution in [0.4, 0.5) is 5.69 Å². The van der Waals surface area contributed by atoms with Crippen molar-refractivity contribution in [3.05, 3.63) is 102 Å². The van der Waals surface area contributed by atoms with Crippen LogP contribution in [0.15, 0.2) is 84.9 Å². The van der Waals surface area contributed by atoms with Gasteiger partial charge in [-0.25, -0.2) is 4.79 Å². The van der Waals surface area contributed by atoms with Crippen LogP contribution in [0.2, 0.25) is 0 Å². The molecule has 0 spiro atoms. The van der Waals surface area contributed by atoms with Gasteiger partial charge in [-0.05, 0) is 55.9 Å². The fourth-order valence-electron chi connectivity index (χ4n) is 5.35. The topological polar surface area (TPSA) is 80.8 Å².